The van der Waals surface area contributed by atoms with Crippen LogP contribution in [0.2, 0.25) is 0 Å². The predicted octanol–water partition coefficient (Wildman–Crippen LogP) is 0.608. The molecule has 1 saturated heterocycles. The molecule has 1 unspecified atom stereocenters. The van der Waals surface area contributed by atoms with Crippen molar-refractivity contribution in [3.8, 4) is 0 Å². The molecule has 0 aliphatic carbocycles. The highest BCUT2D eigenvalue weighted by atomic mass is 16.5. The van der Waals surface area contributed by atoms with Crippen LogP contribution in [0, 0.1) is 0 Å². The summed E-state index contributed by atoms with van der Waals surface area (Å²) in [5.74, 6) is -0.314. The zero-order valence-electron chi connectivity index (χ0n) is 7.84. The predicted molar refractivity (Wildman–Crippen MR) is 47.0 cm³/mol. The highest BCUT2D eigenvalue weighted by Crippen LogP contribution is 2.04. The molecule has 0 aromatic carbocycles. The molecule has 4 nitrogen and oxygen atoms in total. The Bertz CT molecular complexity index is 203. The van der Waals surface area contributed by atoms with Crippen molar-refractivity contribution in [2.24, 2.45) is 0 Å². The van der Waals surface area contributed by atoms with Gasteiger partial charge in [-0.25, -0.2) is 0 Å². The van der Waals surface area contributed by atoms with Gasteiger partial charge in [0.05, 0.1) is 12.5 Å². The van der Waals surface area contributed by atoms with Crippen molar-refractivity contribution in [3.05, 3.63) is 0 Å². The third kappa shape index (κ3) is 3.44. The van der Waals surface area contributed by atoms with Gasteiger partial charge in [0.1, 0.15) is 6.61 Å². The number of carbonyl (C=O) groups excluding carboxylic acids is 2. The third-order valence-corrected chi connectivity index (χ3v) is 2.00. The van der Waals surface area contributed by atoms with Gasteiger partial charge in [-0.05, 0) is 6.42 Å². The number of carbonyl (C=O) groups is 2. The molecule has 4 heteroatoms. The Morgan fingerprint density at radius 1 is 1.46 bits per heavy atom. The van der Waals surface area contributed by atoms with Crippen LogP contribution in [-0.4, -0.2) is 24.5 Å². The monoisotopic (exact) mass is 185 g/mol. The van der Waals surface area contributed by atoms with Crippen LogP contribution < -0.4 is 5.32 Å². The maximum Gasteiger partial charge on any atom is 0.306 e. The van der Waals surface area contributed by atoms with Gasteiger partial charge in [0.15, 0.2) is 0 Å². The van der Waals surface area contributed by atoms with Gasteiger partial charge in [-0.2, -0.15) is 0 Å². The lowest BCUT2D eigenvalue weighted by Gasteiger charge is -2.20. The van der Waals surface area contributed by atoms with Gasteiger partial charge in [-0.1, -0.05) is 13.3 Å². The van der Waals surface area contributed by atoms with E-state index in [1.54, 1.807) is 0 Å². The molecule has 1 aliphatic heterocycles. The second-order valence-electron chi connectivity index (χ2n) is 3.24. The minimum Gasteiger partial charge on any atom is -0.463 e. The average Bonchev–Trinajstić information content (AvgIpc) is 2.09. The van der Waals surface area contributed by atoms with E-state index in [-0.39, 0.29) is 30.8 Å². The first-order valence-electron chi connectivity index (χ1n) is 4.67. The molecule has 0 radical (unpaired) electrons. The minimum atomic E-state index is -0.268. The summed E-state index contributed by atoms with van der Waals surface area (Å²) in [4.78, 5) is 22.1. The number of hydrogen-bond acceptors (Lipinski definition) is 3. The van der Waals surface area contributed by atoms with E-state index in [1.165, 1.54) is 0 Å². The van der Waals surface area contributed by atoms with Crippen molar-refractivity contribution in [2.75, 3.05) is 6.61 Å². The van der Waals surface area contributed by atoms with Crippen LogP contribution in [0.4, 0.5) is 0 Å². The summed E-state index contributed by atoms with van der Waals surface area (Å²) in [5.41, 5.74) is 0. The van der Waals surface area contributed by atoms with Crippen LogP contribution >= 0.6 is 0 Å². The highest BCUT2D eigenvalue weighted by molar-refractivity contribution is 5.82. The molecule has 1 aliphatic rings. The lowest BCUT2D eigenvalue weighted by Crippen LogP contribution is -2.40. The van der Waals surface area contributed by atoms with Gasteiger partial charge in [-0.15, -0.1) is 0 Å². The van der Waals surface area contributed by atoms with E-state index in [4.69, 9.17) is 4.74 Å². The van der Waals surface area contributed by atoms with E-state index in [2.05, 4.69) is 5.32 Å². The lowest BCUT2D eigenvalue weighted by molar-refractivity contribution is -0.148. The van der Waals surface area contributed by atoms with Gasteiger partial charge in [0.2, 0.25) is 5.91 Å². The zero-order chi connectivity index (χ0) is 9.68. The van der Waals surface area contributed by atoms with Crippen LogP contribution in [0.3, 0.4) is 0 Å². The average molecular weight is 185 g/mol. The minimum absolute atomic E-state index is 0.00162. The molecule has 0 saturated carbocycles. The number of nitrogens with one attached hydrogen (secondary N) is 1. The maximum atomic E-state index is 11.1. The standard InChI is InChI=1S/C9H15NO3/c1-2-3-7-6-13-9(12)5-4-8(11)10-7/h7H,2-6H2,1H3,(H,10,11). The molecule has 1 N–H and O–H groups in total. The lowest BCUT2D eigenvalue weighted by atomic mass is 10.1. The van der Waals surface area contributed by atoms with Crippen molar-refractivity contribution in [2.45, 2.75) is 38.6 Å². The highest BCUT2D eigenvalue weighted by Gasteiger charge is 2.18. The molecule has 1 heterocycles. The summed E-state index contributed by atoms with van der Waals surface area (Å²) in [6.45, 7) is 2.35. The fourth-order valence-corrected chi connectivity index (χ4v) is 1.33. The van der Waals surface area contributed by atoms with E-state index < -0.39 is 0 Å². The van der Waals surface area contributed by atoms with Gasteiger partial charge >= 0.3 is 5.97 Å². The summed E-state index contributed by atoms with van der Waals surface area (Å²) in [7, 11) is 0. The largest absolute Gasteiger partial charge is 0.463 e. The van der Waals surface area contributed by atoms with Crippen molar-refractivity contribution < 1.29 is 14.3 Å². The number of rotatable bonds is 2. The second-order valence-corrected chi connectivity index (χ2v) is 3.24. The molecule has 0 aromatic rings. The van der Waals surface area contributed by atoms with E-state index in [0.29, 0.717) is 6.61 Å². The van der Waals surface area contributed by atoms with Crippen molar-refractivity contribution in [1.82, 2.24) is 5.32 Å². The third-order valence-electron chi connectivity index (χ3n) is 2.00. The molecule has 1 amide bonds. The number of esters is 1. The van der Waals surface area contributed by atoms with Crippen LogP contribution in [-0.2, 0) is 14.3 Å². The molecular weight excluding hydrogens is 170 g/mol. The number of hydrogen-bond donors (Lipinski definition) is 1. The van der Waals surface area contributed by atoms with Crippen LogP contribution in [0.1, 0.15) is 32.6 Å². The second kappa shape index (κ2) is 4.84. The van der Waals surface area contributed by atoms with E-state index in [9.17, 15) is 9.59 Å². The molecule has 0 bridgehead atoms. The smallest absolute Gasteiger partial charge is 0.306 e. The fraction of sp³-hybridized carbons (Fsp3) is 0.778. The summed E-state index contributed by atoms with van der Waals surface area (Å²) < 4.78 is 4.94. The van der Waals surface area contributed by atoms with Gasteiger partial charge in [0.25, 0.3) is 0 Å². The first-order valence-corrected chi connectivity index (χ1v) is 4.67. The number of cyclic esters (lactones) is 1. The van der Waals surface area contributed by atoms with Crippen LogP contribution in [0.25, 0.3) is 0 Å². The van der Waals surface area contributed by atoms with Crippen molar-refractivity contribution in [1.29, 1.82) is 0 Å². The quantitative estimate of drug-likeness (QED) is 0.641. The Morgan fingerprint density at radius 2 is 2.23 bits per heavy atom. The van der Waals surface area contributed by atoms with Crippen molar-refractivity contribution in [3.63, 3.8) is 0 Å². The maximum absolute atomic E-state index is 11.1. The number of amides is 1. The topological polar surface area (TPSA) is 55.4 Å². The molecule has 13 heavy (non-hydrogen) atoms. The Morgan fingerprint density at radius 3 is 2.92 bits per heavy atom. The van der Waals surface area contributed by atoms with Crippen LogP contribution in [0.15, 0.2) is 0 Å². The molecule has 1 fully saturated rings. The molecule has 0 aromatic heterocycles. The van der Waals surface area contributed by atoms with Crippen molar-refractivity contribution >= 4 is 11.9 Å². The number of ether oxygens (including phenoxy) is 1. The summed E-state index contributed by atoms with van der Waals surface area (Å²) in [6.07, 6.45) is 2.28. The summed E-state index contributed by atoms with van der Waals surface area (Å²) in [6, 6.07) is 0.00162. The molecule has 1 atom stereocenters. The van der Waals surface area contributed by atoms with E-state index in [1.807, 2.05) is 6.92 Å². The molecule has 74 valence electrons. The molecular formula is C9H15NO3. The Balaban J connectivity index is 2.45. The Kier molecular flexibility index (Phi) is 3.73. The Hall–Kier alpha value is -1.06. The van der Waals surface area contributed by atoms with E-state index in [0.717, 1.165) is 12.8 Å². The van der Waals surface area contributed by atoms with Crippen LogP contribution in [0.5, 0.6) is 0 Å². The van der Waals surface area contributed by atoms with E-state index >= 15 is 0 Å². The Labute approximate surface area is 77.6 Å². The SMILES string of the molecule is CCCC1COC(=O)CCC(=O)N1. The normalized spacial score (nSPS) is 24.2. The fourth-order valence-electron chi connectivity index (χ4n) is 1.33. The van der Waals surface area contributed by atoms with Gasteiger partial charge < -0.3 is 10.1 Å². The first-order chi connectivity index (χ1) is 6.22. The molecule has 1 rings (SSSR count). The van der Waals surface area contributed by atoms with Gasteiger partial charge in [0, 0.05) is 6.42 Å². The summed E-state index contributed by atoms with van der Waals surface area (Å²) in [5, 5.41) is 2.82. The molecule has 0 spiro atoms. The van der Waals surface area contributed by atoms with Gasteiger partial charge in [-0.3, -0.25) is 9.59 Å². The first kappa shape index (κ1) is 10.0. The zero-order valence-corrected chi connectivity index (χ0v) is 7.84. The summed E-state index contributed by atoms with van der Waals surface area (Å²) >= 11 is 0.